The molecule has 0 amide bonds. The molecule has 0 saturated carbocycles. The van der Waals surface area contributed by atoms with E-state index in [9.17, 15) is 4.79 Å². The lowest BCUT2D eigenvalue weighted by Crippen LogP contribution is -1.89. The van der Waals surface area contributed by atoms with Crippen LogP contribution < -0.4 is 0 Å². The second-order valence-corrected chi connectivity index (χ2v) is 3.27. The number of aldehydes is 1. The molecule has 3 nitrogen and oxygen atoms in total. The van der Waals surface area contributed by atoms with Crippen LogP contribution in [0, 0.1) is 6.92 Å². The molecule has 0 fully saturated rings. The fourth-order valence-electron chi connectivity index (χ4n) is 1.45. The van der Waals surface area contributed by atoms with Crippen molar-refractivity contribution in [3.05, 3.63) is 48.0 Å². The van der Waals surface area contributed by atoms with Gasteiger partial charge in [0.05, 0.1) is 0 Å². The van der Waals surface area contributed by atoms with Crippen LogP contribution in [-0.2, 0) is 0 Å². The average Bonchev–Trinajstić information content (AvgIpc) is 2.30. The highest BCUT2D eigenvalue weighted by Gasteiger charge is 2.02. The minimum absolute atomic E-state index is 0.663. The number of aryl methyl sites for hydroxylation is 1. The first-order valence-corrected chi connectivity index (χ1v) is 4.63. The fourth-order valence-corrected chi connectivity index (χ4v) is 1.45. The van der Waals surface area contributed by atoms with Crippen molar-refractivity contribution in [2.24, 2.45) is 0 Å². The average molecular weight is 198 g/mol. The van der Waals surface area contributed by atoms with Gasteiger partial charge in [0, 0.05) is 23.0 Å². The lowest BCUT2D eigenvalue weighted by Gasteiger charge is -2.03. The van der Waals surface area contributed by atoms with Crippen molar-refractivity contribution in [3.63, 3.8) is 0 Å². The molecule has 0 atom stereocenters. The lowest BCUT2D eigenvalue weighted by molar-refractivity contribution is 0.112. The Kier molecular flexibility index (Phi) is 2.54. The highest BCUT2D eigenvalue weighted by atomic mass is 16.1. The van der Waals surface area contributed by atoms with Crippen LogP contribution in [0.1, 0.15) is 16.1 Å². The Labute approximate surface area is 87.8 Å². The summed E-state index contributed by atoms with van der Waals surface area (Å²) >= 11 is 0. The Balaban J connectivity index is 2.54. The number of benzene rings is 1. The van der Waals surface area contributed by atoms with Crippen LogP contribution in [0.2, 0.25) is 0 Å². The maximum absolute atomic E-state index is 10.6. The molecular weight excluding hydrogens is 188 g/mol. The van der Waals surface area contributed by atoms with E-state index in [2.05, 4.69) is 9.97 Å². The highest BCUT2D eigenvalue weighted by Crippen LogP contribution is 2.21. The zero-order valence-corrected chi connectivity index (χ0v) is 8.34. The van der Waals surface area contributed by atoms with Gasteiger partial charge < -0.3 is 0 Å². The summed E-state index contributed by atoms with van der Waals surface area (Å²) in [7, 11) is 0. The van der Waals surface area contributed by atoms with Crippen LogP contribution in [0.4, 0.5) is 0 Å². The largest absolute Gasteiger partial charge is 0.298 e. The zero-order valence-electron chi connectivity index (χ0n) is 8.34. The van der Waals surface area contributed by atoms with E-state index in [0.29, 0.717) is 5.56 Å². The maximum atomic E-state index is 10.6. The summed E-state index contributed by atoms with van der Waals surface area (Å²) in [5.74, 6) is 0. The molecular formula is C12H10N2O. The fraction of sp³-hybridized carbons (Fsp3) is 0.0833. The second kappa shape index (κ2) is 4.00. The Hall–Kier alpha value is -2.03. The van der Waals surface area contributed by atoms with E-state index in [-0.39, 0.29) is 0 Å². The molecule has 0 aliphatic heterocycles. The quantitative estimate of drug-likeness (QED) is 0.695. The molecule has 3 heteroatoms. The monoisotopic (exact) mass is 198 g/mol. The number of carbonyl (C=O) groups is 1. The minimum Gasteiger partial charge on any atom is -0.298 e. The Morgan fingerprint density at radius 2 is 2.20 bits per heavy atom. The Morgan fingerprint density at radius 3 is 2.93 bits per heavy atom. The van der Waals surface area contributed by atoms with Gasteiger partial charge in [0.1, 0.15) is 12.6 Å². The molecule has 1 heterocycles. The molecule has 0 radical (unpaired) electrons. The molecule has 74 valence electrons. The van der Waals surface area contributed by atoms with Crippen molar-refractivity contribution < 1.29 is 4.79 Å². The third-order valence-electron chi connectivity index (χ3n) is 2.25. The second-order valence-electron chi connectivity index (χ2n) is 3.27. The van der Waals surface area contributed by atoms with E-state index < -0.39 is 0 Å². The molecule has 2 rings (SSSR count). The van der Waals surface area contributed by atoms with E-state index in [0.717, 1.165) is 23.1 Å². The van der Waals surface area contributed by atoms with E-state index in [1.54, 1.807) is 12.3 Å². The highest BCUT2D eigenvalue weighted by molar-refractivity contribution is 5.79. The predicted octanol–water partition coefficient (Wildman–Crippen LogP) is 2.26. The van der Waals surface area contributed by atoms with Crippen molar-refractivity contribution in [1.82, 2.24) is 9.97 Å². The van der Waals surface area contributed by atoms with Crippen molar-refractivity contribution >= 4 is 6.29 Å². The molecule has 0 N–H and O–H groups in total. The first-order valence-electron chi connectivity index (χ1n) is 4.63. The summed E-state index contributed by atoms with van der Waals surface area (Å²) in [6, 6.07) is 7.40. The molecule has 0 spiro atoms. The van der Waals surface area contributed by atoms with E-state index in [1.165, 1.54) is 6.33 Å². The van der Waals surface area contributed by atoms with Crippen LogP contribution in [0.5, 0.6) is 0 Å². The third kappa shape index (κ3) is 1.91. The van der Waals surface area contributed by atoms with Crippen LogP contribution >= 0.6 is 0 Å². The molecule has 2 aromatic rings. The molecule has 0 aliphatic rings. The minimum atomic E-state index is 0.663. The maximum Gasteiger partial charge on any atom is 0.150 e. The number of aromatic nitrogens is 2. The summed E-state index contributed by atoms with van der Waals surface area (Å²) < 4.78 is 0. The van der Waals surface area contributed by atoms with Gasteiger partial charge in [-0.05, 0) is 18.6 Å². The van der Waals surface area contributed by atoms with Gasteiger partial charge in [0.2, 0.25) is 0 Å². The SMILES string of the molecule is Cc1ncncc1-c1cccc(C=O)c1. The number of carbonyl (C=O) groups excluding carboxylic acids is 1. The first kappa shape index (κ1) is 9.52. The van der Waals surface area contributed by atoms with E-state index >= 15 is 0 Å². The molecule has 0 aliphatic carbocycles. The number of hydrogen-bond donors (Lipinski definition) is 0. The van der Waals surface area contributed by atoms with Crippen molar-refractivity contribution in [1.29, 1.82) is 0 Å². The topological polar surface area (TPSA) is 42.9 Å². The van der Waals surface area contributed by atoms with Gasteiger partial charge in [-0.2, -0.15) is 0 Å². The molecule has 15 heavy (non-hydrogen) atoms. The predicted molar refractivity (Wildman–Crippen MR) is 57.6 cm³/mol. The molecule has 1 aromatic carbocycles. The van der Waals surface area contributed by atoms with Crippen molar-refractivity contribution in [3.8, 4) is 11.1 Å². The van der Waals surface area contributed by atoms with E-state index in [1.807, 2.05) is 25.1 Å². The normalized spacial score (nSPS) is 9.93. The number of hydrogen-bond acceptors (Lipinski definition) is 3. The van der Waals surface area contributed by atoms with Gasteiger partial charge in [-0.3, -0.25) is 4.79 Å². The summed E-state index contributed by atoms with van der Waals surface area (Å²) in [6.45, 7) is 1.92. The third-order valence-corrected chi connectivity index (χ3v) is 2.25. The molecule has 0 bridgehead atoms. The van der Waals surface area contributed by atoms with Gasteiger partial charge in [-0.1, -0.05) is 18.2 Å². The lowest BCUT2D eigenvalue weighted by atomic mass is 10.0. The standard InChI is InChI=1S/C12H10N2O/c1-9-12(6-13-8-14-9)11-4-2-3-10(5-11)7-15/h2-8H,1H3. The van der Waals surface area contributed by atoms with Crippen molar-refractivity contribution in [2.45, 2.75) is 6.92 Å². The van der Waals surface area contributed by atoms with Crippen LogP contribution in [0.15, 0.2) is 36.8 Å². The number of rotatable bonds is 2. The van der Waals surface area contributed by atoms with Gasteiger partial charge in [-0.15, -0.1) is 0 Å². The van der Waals surface area contributed by atoms with Crippen LogP contribution in [-0.4, -0.2) is 16.3 Å². The summed E-state index contributed by atoms with van der Waals surface area (Å²) in [4.78, 5) is 18.7. The zero-order chi connectivity index (χ0) is 10.7. The smallest absolute Gasteiger partial charge is 0.150 e. The molecule has 0 unspecified atom stereocenters. The molecule has 1 aromatic heterocycles. The Bertz CT molecular complexity index is 494. The summed E-state index contributed by atoms with van der Waals surface area (Å²) in [5, 5.41) is 0. The van der Waals surface area contributed by atoms with Gasteiger partial charge >= 0.3 is 0 Å². The first-order chi connectivity index (χ1) is 7.31. The van der Waals surface area contributed by atoms with Crippen LogP contribution in [0.3, 0.4) is 0 Å². The summed E-state index contributed by atoms with van der Waals surface area (Å²) in [5.41, 5.74) is 3.50. The summed E-state index contributed by atoms with van der Waals surface area (Å²) in [6.07, 6.45) is 4.11. The Morgan fingerprint density at radius 1 is 1.33 bits per heavy atom. The van der Waals surface area contributed by atoms with Crippen molar-refractivity contribution in [2.75, 3.05) is 0 Å². The van der Waals surface area contributed by atoms with Gasteiger partial charge in [0.25, 0.3) is 0 Å². The van der Waals surface area contributed by atoms with Crippen LogP contribution in [0.25, 0.3) is 11.1 Å². The van der Waals surface area contributed by atoms with Gasteiger partial charge in [0.15, 0.2) is 0 Å². The molecule has 0 saturated heterocycles. The van der Waals surface area contributed by atoms with Gasteiger partial charge in [-0.25, -0.2) is 9.97 Å². The van der Waals surface area contributed by atoms with E-state index in [4.69, 9.17) is 0 Å². The number of nitrogens with zero attached hydrogens (tertiary/aromatic N) is 2.